The molecule has 6 heteroatoms. The number of hydrogen-bond donors (Lipinski definition) is 2. The van der Waals surface area contributed by atoms with Crippen molar-refractivity contribution in [2.45, 2.75) is 13.3 Å². The van der Waals surface area contributed by atoms with Crippen molar-refractivity contribution in [1.82, 2.24) is 14.9 Å². The van der Waals surface area contributed by atoms with Crippen LogP contribution in [-0.4, -0.2) is 21.1 Å². The summed E-state index contributed by atoms with van der Waals surface area (Å²) in [4.78, 5) is 0. The van der Waals surface area contributed by atoms with E-state index in [0.29, 0.717) is 11.8 Å². The van der Waals surface area contributed by atoms with E-state index in [1.165, 1.54) is 10.1 Å². The van der Waals surface area contributed by atoms with Crippen molar-refractivity contribution in [3.8, 4) is 0 Å². The molecule has 2 aromatic carbocycles. The van der Waals surface area contributed by atoms with Gasteiger partial charge in [0, 0.05) is 12.0 Å². The number of nitrogens with zero attached hydrogens (tertiary/aromatic N) is 4. The molecule has 21 heavy (non-hydrogen) atoms. The minimum Gasteiger partial charge on any atom is -0.335 e. The molecule has 0 atom stereocenters. The Morgan fingerprint density at radius 3 is 2.81 bits per heavy atom. The van der Waals surface area contributed by atoms with Crippen LogP contribution in [0, 0.1) is 0 Å². The average molecular weight is 280 g/mol. The lowest BCUT2D eigenvalue weighted by atomic mass is 10.1. The van der Waals surface area contributed by atoms with Crippen molar-refractivity contribution in [3.63, 3.8) is 0 Å². The number of benzene rings is 2. The van der Waals surface area contributed by atoms with E-state index < -0.39 is 0 Å². The van der Waals surface area contributed by atoms with Crippen LogP contribution >= 0.6 is 0 Å². The van der Waals surface area contributed by atoms with Gasteiger partial charge in [-0.3, -0.25) is 0 Å². The summed E-state index contributed by atoms with van der Waals surface area (Å²) in [6.07, 6.45) is 2.47. The molecular weight excluding hydrogens is 264 g/mol. The van der Waals surface area contributed by atoms with Crippen LogP contribution in [-0.2, 0) is 6.42 Å². The van der Waals surface area contributed by atoms with Gasteiger partial charge in [-0.1, -0.05) is 49.4 Å². The number of aryl methyl sites for hydroxylation is 1. The quantitative estimate of drug-likeness (QED) is 0.436. The van der Waals surface area contributed by atoms with E-state index in [-0.39, 0.29) is 0 Å². The zero-order valence-electron chi connectivity index (χ0n) is 11.7. The summed E-state index contributed by atoms with van der Waals surface area (Å²) < 4.78 is 1.40. The van der Waals surface area contributed by atoms with Crippen LogP contribution in [0.25, 0.3) is 10.8 Å². The lowest BCUT2D eigenvalue weighted by Crippen LogP contribution is -2.14. The SMILES string of the molecule is CCc1nnc(N/N=C/c2cccc3ccccc23)n1N. The van der Waals surface area contributed by atoms with Gasteiger partial charge in [0.25, 0.3) is 5.95 Å². The van der Waals surface area contributed by atoms with E-state index in [2.05, 4.69) is 38.9 Å². The summed E-state index contributed by atoms with van der Waals surface area (Å²) in [6.45, 7) is 1.97. The third-order valence-electron chi connectivity index (χ3n) is 3.27. The van der Waals surface area contributed by atoms with E-state index >= 15 is 0 Å². The van der Waals surface area contributed by atoms with E-state index in [4.69, 9.17) is 5.84 Å². The number of fused-ring (bicyclic) bond motifs is 1. The Bertz CT molecular complexity index is 784. The summed E-state index contributed by atoms with van der Waals surface area (Å²) in [5.41, 5.74) is 3.84. The van der Waals surface area contributed by atoms with Crippen molar-refractivity contribution in [1.29, 1.82) is 0 Å². The van der Waals surface area contributed by atoms with Gasteiger partial charge < -0.3 is 5.84 Å². The van der Waals surface area contributed by atoms with Gasteiger partial charge in [-0.25, -0.2) is 10.1 Å². The van der Waals surface area contributed by atoms with E-state index in [1.54, 1.807) is 6.21 Å². The predicted molar refractivity (Wildman–Crippen MR) is 84.7 cm³/mol. The largest absolute Gasteiger partial charge is 0.335 e. The highest BCUT2D eigenvalue weighted by Gasteiger charge is 2.05. The van der Waals surface area contributed by atoms with Gasteiger partial charge in [0.2, 0.25) is 0 Å². The molecule has 0 saturated heterocycles. The zero-order chi connectivity index (χ0) is 14.7. The Hall–Kier alpha value is -2.89. The number of anilines is 1. The molecule has 3 rings (SSSR count). The molecule has 3 N–H and O–H groups in total. The summed E-state index contributed by atoms with van der Waals surface area (Å²) in [7, 11) is 0. The fourth-order valence-electron chi connectivity index (χ4n) is 2.16. The topological polar surface area (TPSA) is 81.1 Å². The van der Waals surface area contributed by atoms with Gasteiger partial charge in [-0.15, -0.1) is 10.2 Å². The molecule has 0 saturated carbocycles. The van der Waals surface area contributed by atoms with E-state index in [0.717, 1.165) is 17.4 Å². The summed E-state index contributed by atoms with van der Waals surface area (Å²) in [6, 6.07) is 14.3. The number of nitrogens with one attached hydrogen (secondary N) is 1. The lowest BCUT2D eigenvalue weighted by molar-refractivity contribution is 0.855. The van der Waals surface area contributed by atoms with Gasteiger partial charge in [-0.2, -0.15) is 5.10 Å². The van der Waals surface area contributed by atoms with Crippen LogP contribution in [0.4, 0.5) is 5.95 Å². The molecule has 6 nitrogen and oxygen atoms in total. The van der Waals surface area contributed by atoms with Crippen LogP contribution in [0.15, 0.2) is 47.6 Å². The monoisotopic (exact) mass is 280 g/mol. The lowest BCUT2D eigenvalue weighted by Gasteiger charge is -2.02. The van der Waals surface area contributed by atoms with Crippen LogP contribution in [0.1, 0.15) is 18.3 Å². The van der Waals surface area contributed by atoms with Crippen molar-refractivity contribution in [2.24, 2.45) is 5.10 Å². The molecule has 3 aromatic rings. The molecule has 0 radical (unpaired) electrons. The standard InChI is InChI=1S/C15H16N6/c1-2-14-18-20-15(21(14)16)19-17-10-12-8-5-7-11-6-3-4-9-13(11)12/h3-10H,2,16H2,1H3,(H,19,20)/b17-10+. The summed E-state index contributed by atoms with van der Waals surface area (Å²) >= 11 is 0. The second-order valence-corrected chi connectivity index (χ2v) is 4.60. The van der Waals surface area contributed by atoms with E-state index in [1.807, 2.05) is 31.2 Å². The Kier molecular flexibility index (Phi) is 3.51. The first-order chi connectivity index (χ1) is 10.3. The van der Waals surface area contributed by atoms with Crippen molar-refractivity contribution in [3.05, 3.63) is 53.9 Å². The maximum atomic E-state index is 5.84. The van der Waals surface area contributed by atoms with Gasteiger partial charge in [0.05, 0.1) is 6.21 Å². The molecule has 0 aliphatic carbocycles. The van der Waals surface area contributed by atoms with Crippen molar-refractivity contribution < 1.29 is 0 Å². The van der Waals surface area contributed by atoms with Crippen molar-refractivity contribution >= 4 is 22.9 Å². The highest BCUT2D eigenvalue weighted by molar-refractivity contribution is 5.99. The second-order valence-electron chi connectivity index (χ2n) is 4.60. The molecule has 0 fully saturated rings. The Labute approximate surface area is 122 Å². The van der Waals surface area contributed by atoms with Crippen LogP contribution in [0.5, 0.6) is 0 Å². The molecule has 0 aliphatic rings. The molecule has 106 valence electrons. The summed E-state index contributed by atoms with van der Waals surface area (Å²) in [5, 5.41) is 14.4. The van der Waals surface area contributed by atoms with Crippen LogP contribution < -0.4 is 11.3 Å². The Morgan fingerprint density at radius 2 is 2.00 bits per heavy atom. The number of aromatic nitrogens is 3. The molecule has 0 spiro atoms. The van der Waals surface area contributed by atoms with Gasteiger partial charge in [0.1, 0.15) is 0 Å². The maximum absolute atomic E-state index is 5.84. The van der Waals surface area contributed by atoms with Crippen LogP contribution in [0.2, 0.25) is 0 Å². The smallest absolute Gasteiger partial charge is 0.263 e. The predicted octanol–water partition coefficient (Wildman–Crippen LogP) is 2.15. The Balaban J connectivity index is 1.83. The number of hydrogen-bond acceptors (Lipinski definition) is 5. The van der Waals surface area contributed by atoms with Gasteiger partial charge in [-0.05, 0) is 10.8 Å². The third-order valence-corrected chi connectivity index (χ3v) is 3.27. The highest BCUT2D eigenvalue weighted by Crippen LogP contribution is 2.16. The molecule has 0 aliphatic heterocycles. The fourth-order valence-corrected chi connectivity index (χ4v) is 2.16. The Morgan fingerprint density at radius 1 is 1.19 bits per heavy atom. The number of hydrazone groups is 1. The summed E-state index contributed by atoms with van der Waals surface area (Å²) in [5.74, 6) is 6.97. The van der Waals surface area contributed by atoms with Crippen LogP contribution in [0.3, 0.4) is 0 Å². The average Bonchev–Trinajstić information content (AvgIpc) is 2.88. The highest BCUT2D eigenvalue weighted by atomic mass is 15.5. The van der Waals surface area contributed by atoms with Gasteiger partial charge in [0.15, 0.2) is 5.82 Å². The molecule has 1 heterocycles. The first-order valence-corrected chi connectivity index (χ1v) is 6.76. The molecule has 0 amide bonds. The van der Waals surface area contributed by atoms with Crippen molar-refractivity contribution in [2.75, 3.05) is 11.3 Å². The first kappa shape index (κ1) is 13.1. The molecule has 0 bridgehead atoms. The van der Waals surface area contributed by atoms with E-state index in [9.17, 15) is 0 Å². The first-order valence-electron chi connectivity index (χ1n) is 6.76. The minimum atomic E-state index is 0.420. The number of nitrogens with two attached hydrogens (primary N) is 1. The maximum Gasteiger partial charge on any atom is 0.263 e. The number of rotatable bonds is 4. The van der Waals surface area contributed by atoms with Gasteiger partial charge >= 0.3 is 0 Å². The number of nitrogen functional groups attached to an aromatic ring is 1. The normalized spacial score (nSPS) is 11.3. The molecule has 0 unspecified atom stereocenters. The molecular formula is C15H16N6. The minimum absolute atomic E-state index is 0.420. The zero-order valence-corrected chi connectivity index (χ0v) is 11.7. The third kappa shape index (κ3) is 2.55. The molecule has 1 aromatic heterocycles. The fraction of sp³-hybridized carbons (Fsp3) is 0.133. The second kappa shape index (κ2) is 5.62.